The van der Waals surface area contributed by atoms with Gasteiger partial charge in [0, 0.05) is 11.4 Å². The smallest absolute Gasteiger partial charge is 0.262 e. The fraction of sp³-hybridized carbons (Fsp3) is 0.125. The Morgan fingerprint density at radius 3 is 2.62 bits per heavy atom. The van der Waals surface area contributed by atoms with Crippen LogP contribution in [0.3, 0.4) is 0 Å². The molecule has 2 rings (SSSR count). The Balaban J connectivity index is 1.89. The third-order valence-electron chi connectivity index (χ3n) is 2.92. The van der Waals surface area contributed by atoms with Crippen LogP contribution >= 0.6 is 0 Å². The number of rotatable bonds is 4. The molecule has 1 amide bonds. The molecule has 21 heavy (non-hydrogen) atoms. The molecule has 0 spiro atoms. The SMILES string of the molecule is Cc1ccc(NC(=O)COc2ccc(C#N)cc2)cc1N. The average molecular weight is 281 g/mol. The molecule has 0 saturated carbocycles. The second-order valence-electron chi connectivity index (χ2n) is 4.54. The number of benzene rings is 2. The van der Waals surface area contributed by atoms with Gasteiger partial charge < -0.3 is 15.8 Å². The lowest BCUT2D eigenvalue weighted by Crippen LogP contribution is -2.20. The molecule has 0 aliphatic rings. The van der Waals surface area contributed by atoms with Crippen LogP contribution in [0.25, 0.3) is 0 Å². The van der Waals surface area contributed by atoms with Crippen LogP contribution in [0.4, 0.5) is 11.4 Å². The number of hydrogen-bond acceptors (Lipinski definition) is 4. The van der Waals surface area contributed by atoms with Crippen molar-refractivity contribution in [3.8, 4) is 11.8 Å². The van der Waals surface area contributed by atoms with E-state index in [-0.39, 0.29) is 12.5 Å². The summed E-state index contributed by atoms with van der Waals surface area (Å²) in [7, 11) is 0. The summed E-state index contributed by atoms with van der Waals surface area (Å²) in [5, 5.41) is 11.4. The fourth-order valence-corrected chi connectivity index (χ4v) is 1.69. The van der Waals surface area contributed by atoms with Gasteiger partial charge >= 0.3 is 0 Å². The molecule has 106 valence electrons. The van der Waals surface area contributed by atoms with Gasteiger partial charge in [0.05, 0.1) is 11.6 Å². The monoisotopic (exact) mass is 281 g/mol. The lowest BCUT2D eigenvalue weighted by molar-refractivity contribution is -0.118. The maximum absolute atomic E-state index is 11.8. The van der Waals surface area contributed by atoms with Crippen molar-refractivity contribution in [3.63, 3.8) is 0 Å². The molecule has 0 heterocycles. The van der Waals surface area contributed by atoms with Crippen LogP contribution < -0.4 is 15.8 Å². The minimum absolute atomic E-state index is 0.111. The lowest BCUT2D eigenvalue weighted by atomic mass is 10.2. The van der Waals surface area contributed by atoms with Crippen molar-refractivity contribution >= 4 is 17.3 Å². The van der Waals surface area contributed by atoms with Crippen molar-refractivity contribution in [3.05, 3.63) is 53.6 Å². The van der Waals surface area contributed by atoms with Crippen LogP contribution in [0.2, 0.25) is 0 Å². The summed E-state index contributed by atoms with van der Waals surface area (Å²) in [6, 6.07) is 13.9. The van der Waals surface area contributed by atoms with E-state index in [0.717, 1.165) is 5.56 Å². The van der Waals surface area contributed by atoms with Crippen LogP contribution in [0.5, 0.6) is 5.75 Å². The number of nitriles is 1. The molecular weight excluding hydrogens is 266 g/mol. The van der Waals surface area contributed by atoms with Crippen LogP contribution in [-0.4, -0.2) is 12.5 Å². The number of amides is 1. The average Bonchev–Trinajstić information content (AvgIpc) is 2.49. The summed E-state index contributed by atoms with van der Waals surface area (Å²) >= 11 is 0. The van der Waals surface area contributed by atoms with Crippen LogP contribution in [0.15, 0.2) is 42.5 Å². The third-order valence-corrected chi connectivity index (χ3v) is 2.92. The lowest BCUT2D eigenvalue weighted by Gasteiger charge is -2.09. The van der Waals surface area contributed by atoms with Gasteiger partial charge in [-0.05, 0) is 48.9 Å². The van der Waals surface area contributed by atoms with Gasteiger partial charge in [0.1, 0.15) is 5.75 Å². The van der Waals surface area contributed by atoms with E-state index in [0.29, 0.717) is 22.7 Å². The number of nitrogens with one attached hydrogen (secondary N) is 1. The van der Waals surface area contributed by atoms with E-state index < -0.39 is 0 Å². The van der Waals surface area contributed by atoms with Gasteiger partial charge in [-0.3, -0.25) is 4.79 Å². The maximum Gasteiger partial charge on any atom is 0.262 e. The molecule has 2 aromatic rings. The van der Waals surface area contributed by atoms with Gasteiger partial charge in [-0.1, -0.05) is 6.07 Å². The maximum atomic E-state index is 11.8. The van der Waals surface area contributed by atoms with Gasteiger partial charge in [-0.2, -0.15) is 5.26 Å². The summed E-state index contributed by atoms with van der Waals surface area (Å²) in [6.07, 6.45) is 0. The van der Waals surface area contributed by atoms with E-state index in [1.54, 1.807) is 36.4 Å². The summed E-state index contributed by atoms with van der Waals surface area (Å²) in [4.78, 5) is 11.8. The topological polar surface area (TPSA) is 88.1 Å². The number of nitrogens with two attached hydrogens (primary N) is 1. The van der Waals surface area contributed by atoms with Crippen molar-refractivity contribution in [1.82, 2.24) is 0 Å². The Hall–Kier alpha value is -3.00. The highest BCUT2D eigenvalue weighted by Gasteiger charge is 2.05. The molecule has 2 aromatic carbocycles. The van der Waals surface area contributed by atoms with Crippen molar-refractivity contribution in [1.29, 1.82) is 5.26 Å². The first-order valence-electron chi connectivity index (χ1n) is 6.37. The van der Waals surface area contributed by atoms with Crippen molar-refractivity contribution in [2.24, 2.45) is 0 Å². The van der Waals surface area contributed by atoms with Gasteiger partial charge in [-0.25, -0.2) is 0 Å². The van der Waals surface area contributed by atoms with Crippen molar-refractivity contribution in [2.45, 2.75) is 6.92 Å². The van der Waals surface area contributed by atoms with E-state index >= 15 is 0 Å². The van der Waals surface area contributed by atoms with Gasteiger partial charge in [0.25, 0.3) is 5.91 Å². The molecule has 0 unspecified atom stereocenters. The quantitative estimate of drug-likeness (QED) is 0.843. The Labute approximate surface area is 123 Å². The number of hydrogen-bond donors (Lipinski definition) is 2. The zero-order chi connectivity index (χ0) is 15.2. The highest BCUT2D eigenvalue weighted by Crippen LogP contribution is 2.17. The zero-order valence-corrected chi connectivity index (χ0v) is 11.6. The number of nitrogens with zero attached hydrogens (tertiary/aromatic N) is 1. The number of ether oxygens (including phenoxy) is 1. The number of carbonyl (C=O) groups is 1. The summed E-state index contributed by atoms with van der Waals surface area (Å²) < 4.78 is 5.34. The predicted octanol–water partition coefficient (Wildman–Crippen LogP) is 2.47. The fourth-order valence-electron chi connectivity index (χ4n) is 1.69. The second kappa shape index (κ2) is 6.44. The molecule has 0 radical (unpaired) electrons. The molecule has 3 N–H and O–H groups in total. The van der Waals surface area contributed by atoms with Gasteiger partial charge in [-0.15, -0.1) is 0 Å². The summed E-state index contributed by atoms with van der Waals surface area (Å²) in [5.41, 5.74) is 8.54. The zero-order valence-electron chi connectivity index (χ0n) is 11.6. The minimum atomic E-state index is -0.275. The summed E-state index contributed by atoms with van der Waals surface area (Å²) in [6.45, 7) is 1.79. The molecule has 0 aliphatic heterocycles. The number of aryl methyl sites for hydroxylation is 1. The molecule has 0 fully saturated rings. The first-order chi connectivity index (χ1) is 10.1. The molecule has 5 heteroatoms. The van der Waals surface area contributed by atoms with Crippen LogP contribution in [0, 0.1) is 18.3 Å². The van der Waals surface area contributed by atoms with Gasteiger partial charge in [0.2, 0.25) is 0 Å². The Kier molecular flexibility index (Phi) is 4.42. The van der Waals surface area contributed by atoms with Crippen molar-refractivity contribution in [2.75, 3.05) is 17.7 Å². The van der Waals surface area contributed by atoms with Crippen molar-refractivity contribution < 1.29 is 9.53 Å². The molecule has 5 nitrogen and oxygen atoms in total. The number of anilines is 2. The molecule has 0 saturated heterocycles. The van der Waals surface area contributed by atoms with Crippen LogP contribution in [0.1, 0.15) is 11.1 Å². The first kappa shape index (κ1) is 14.4. The van der Waals surface area contributed by atoms with E-state index in [1.165, 1.54) is 0 Å². The van der Waals surface area contributed by atoms with E-state index in [4.69, 9.17) is 15.7 Å². The van der Waals surface area contributed by atoms with E-state index in [1.807, 2.05) is 19.1 Å². The molecule has 0 aliphatic carbocycles. The standard InChI is InChI=1S/C16H15N3O2/c1-11-2-5-13(8-15(11)18)19-16(20)10-21-14-6-3-12(9-17)4-7-14/h2-8H,10,18H2,1H3,(H,19,20). The molecule has 0 aromatic heterocycles. The first-order valence-corrected chi connectivity index (χ1v) is 6.37. The minimum Gasteiger partial charge on any atom is -0.484 e. The third kappa shape index (κ3) is 3.98. The molecule has 0 bridgehead atoms. The summed E-state index contributed by atoms with van der Waals surface area (Å²) in [5.74, 6) is 0.259. The number of nitrogen functional groups attached to an aromatic ring is 1. The Morgan fingerprint density at radius 2 is 2.00 bits per heavy atom. The largest absolute Gasteiger partial charge is 0.484 e. The Bertz CT molecular complexity index is 688. The Morgan fingerprint density at radius 1 is 1.29 bits per heavy atom. The van der Waals surface area contributed by atoms with E-state index in [2.05, 4.69) is 5.32 Å². The highest BCUT2D eigenvalue weighted by atomic mass is 16.5. The van der Waals surface area contributed by atoms with Crippen LogP contribution in [-0.2, 0) is 4.79 Å². The molecule has 0 atom stereocenters. The number of carbonyl (C=O) groups excluding carboxylic acids is 1. The molecular formula is C16H15N3O2. The predicted molar refractivity (Wildman–Crippen MR) is 80.9 cm³/mol. The van der Waals surface area contributed by atoms with Gasteiger partial charge in [0.15, 0.2) is 6.61 Å². The normalized spacial score (nSPS) is 9.71. The highest BCUT2D eigenvalue weighted by molar-refractivity contribution is 5.92. The second-order valence-corrected chi connectivity index (χ2v) is 4.54. The van der Waals surface area contributed by atoms with E-state index in [9.17, 15) is 4.79 Å².